The fourth-order valence-corrected chi connectivity index (χ4v) is 7.47. The minimum Gasteiger partial charge on any atom is -0.453 e. The second-order valence-corrected chi connectivity index (χ2v) is 13.5. The van der Waals surface area contributed by atoms with Gasteiger partial charge in [-0.2, -0.15) is 0 Å². The fraction of sp³-hybridized carbons (Fsp3) is 0.103. The van der Waals surface area contributed by atoms with Crippen LogP contribution >= 0.6 is 0 Å². The first kappa shape index (κ1) is 12.4. The van der Waals surface area contributed by atoms with E-state index in [1.54, 1.807) is 0 Å². The van der Waals surface area contributed by atoms with Crippen LogP contribution in [0.15, 0.2) is 192 Å². The zero-order valence-electron chi connectivity index (χ0n) is 72.9. The maximum atomic E-state index is 10.3. The number of hydrogen-bond acceptors (Lipinski definition) is 2. The van der Waals surface area contributed by atoms with Crippen molar-refractivity contribution in [2.75, 3.05) is 4.90 Å². The lowest BCUT2D eigenvalue weighted by Crippen LogP contribution is -2.16. The van der Waals surface area contributed by atoms with Gasteiger partial charge in [-0.25, -0.2) is 0 Å². The molecule has 0 bridgehead atoms. The van der Waals surface area contributed by atoms with Gasteiger partial charge in [0.15, 0.2) is 5.58 Å². The number of rotatable bonds is 5. The van der Waals surface area contributed by atoms with Crippen LogP contribution in [0.25, 0.3) is 77.2 Å². The van der Waals surface area contributed by atoms with Gasteiger partial charge < -0.3 is 9.32 Å². The van der Waals surface area contributed by atoms with Crippen LogP contribution in [0.3, 0.4) is 0 Å². The molecule has 0 radical (unpaired) electrons. The highest BCUT2D eigenvalue weighted by molar-refractivity contribution is 6.21. The number of para-hydroxylation sites is 1. The molecule has 1 aromatic heterocycles. The molecule has 0 saturated carbocycles. The number of furan rings is 1. The number of benzene rings is 9. The van der Waals surface area contributed by atoms with Gasteiger partial charge in [0.25, 0.3) is 0 Å². The fourth-order valence-electron chi connectivity index (χ4n) is 7.47. The molecule has 60 heavy (non-hydrogen) atoms. The van der Waals surface area contributed by atoms with Crippen LogP contribution in [0.4, 0.5) is 17.1 Å². The van der Waals surface area contributed by atoms with Crippen LogP contribution in [-0.4, -0.2) is 0 Å². The summed E-state index contributed by atoms with van der Waals surface area (Å²) in [5.74, 6) is 0. The molecule has 0 unspecified atom stereocenters. The van der Waals surface area contributed by atoms with Crippen molar-refractivity contribution >= 4 is 49.8 Å². The Labute approximate surface area is 411 Å². The first-order valence-corrected chi connectivity index (χ1v) is 17.6. The molecule has 286 valence electrons. The largest absolute Gasteiger partial charge is 0.453 e. The summed E-state index contributed by atoms with van der Waals surface area (Å²) in [6.45, 7) is -16.4. The normalized spacial score (nSPS) is 25.3. The number of hydrogen-bond donors (Lipinski definition) is 0. The third-order valence-corrected chi connectivity index (χ3v) is 10.2. The summed E-state index contributed by atoms with van der Waals surface area (Å²) in [4.78, 5) is 0.132. The molecule has 2 aliphatic rings. The summed E-state index contributed by atoms with van der Waals surface area (Å²) in [6, 6.07) is -39.7. The van der Waals surface area contributed by atoms with Gasteiger partial charge in [-0.05, 0) is 114 Å². The van der Waals surface area contributed by atoms with Crippen molar-refractivity contribution < 1.29 is 63.4 Å². The lowest BCUT2D eigenvalue weighted by molar-refractivity contribution is 0.660. The molecule has 1 heterocycles. The highest BCUT2D eigenvalue weighted by Gasteiger charge is 2.37. The first-order valence-electron chi connectivity index (χ1n) is 39.1. The Morgan fingerprint density at radius 3 is 1.63 bits per heavy atom. The van der Waals surface area contributed by atoms with Gasteiger partial charge in [0.05, 0.1) is 48.2 Å². The molecule has 10 aromatic rings. The lowest BCUT2D eigenvalue weighted by atomic mass is 9.81. The molecule has 12 rings (SSSR count). The molecule has 0 atom stereocenters. The molecular weight excluding hydrogens is 727 g/mol. The molecule has 2 heteroatoms. The standard InChI is InChI=1S/C58H43NO/c1-57(2)50-22-12-10-18-42(50)44-31-27-38(33-52(44)57)48-35-49-47-21-14-24-54(56(47)60-55(49)46-20-9-8-17-41(46)48)59(39-28-25-37(26-29-39)36-15-6-5-7-16-36)40-30-32-45-43-19-11-13-23-51(43)58(3,4)53(45)34-40/h5-35H,1-4H3/i1D3,2D3,3D3,4D3,5D,6D,7D,8D,9D,10D,11D,12D,13D,14D,15D,16D,17D,18D,19D,20D,21D,22D,23D,24D,25D,26D,27D,28D,29D,30D,31D,32D,33D,34D,35D. The van der Waals surface area contributed by atoms with Crippen LogP contribution in [0.1, 0.15) is 109 Å². The van der Waals surface area contributed by atoms with Crippen molar-refractivity contribution in [3.05, 3.63) is 210 Å². The van der Waals surface area contributed by atoms with Crippen LogP contribution < -0.4 is 4.90 Å². The van der Waals surface area contributed by atoms with Crippen LogP contribution in [0, 0.1) is 0 Å². The summed E-state index contributed by atoms with van der Waals surface area (Å²) in [5.41, 5.74) is -27.9. The molecule has 0 saturated heterocycles. The monoisotopic (exact) mass is 813 g/mol. The molecule has 0 fully saturated rings. The lowest BCUT2D eigenvalue weighted by Gasteiger charge is -2.28. The molecule has 0 aliphatic heterocycles. The average molecular weight is 813 g/mol. The third kappa shape index (κ3) is 4.94. The van der Waals surface area contributed by atoms with Gasteiger partial charge in [-0.3, -0.25) is 0 Å². The minimum atomic E-state index is -4.15. The Bertz CT molecular complexity index is 5570. The van der Waals surface area contributed by atoms with E-state index in [0.717, 1.165) is 0 Å². The Hall–Kier alpha value is -7.16. The van der Waals surface area contributed by atoms with E-state index in [9.17, 15) is 21.9 Å². The van der Waals surface area contributed by atoms with Gasteiger partial charge >= 0.3 is 0 Å². The van der Waals surface area contributed by atoms with E-state index < -0.39 is 342 Å². The molecule has 9 aromatic carbocycles. The van der Waals surface area contributed by atoms with E-state index in [4.69, 9.17) is 41.4 Å². The van der Waals surface area contributed by atoms with Crippen molar-refractivity contribution in [1.29, 1.82) is 0 Å². The molecule has 2 aliphatic carbocycles. The van der Waals surface area contributed by atoms with E-state index in [-0.39, 0.29) is 4.90 Å². The number of anilines is 3. The number of nitrogens with zero attached hydrogens (tertiary/aromatic N) is 1. The molecule has 0 spiro atoms. The first-order chi connectivity index (χ1) is 47.2. The van der Waals surface area contributed by atoms with Crippen molar-refractivity contribution in [3.8, 4) is 44.5 Å². The third-order valence-electron chi connectivity index (χ3n) is 10.2. The van der Waals surface area contributed by atoms with E-state index >= 15 is 0 Å². The predicted molar refractivity (Wildman–Crippen MR) is 252 cm³/mol. The quantitative estimate of drug-likeness (QED) is 0.172. The van der Waals surface area contributed by atoms with E-state index in [2.05, 4.69) is 0 Å². The van der Waals surface area contributed by atoms with E-state index in [1.165, 1.54) is 0 Å². The molecule has 0 N–H and O–H groups in total. The van der Waals surface area contributed by atoms with Crippen molar-refractivity contribution in [3.63, 3.8) is 0 Å². The maximum Gasteiger partial charge on any atom is 0.159 e. The molecular formula is C58H43NO. The highest BCUT2D eigenvalue weighted by Crippen LogP contribution is 2.53. The highest BCUT2D eigenvalue weighted by atomic mass is 16.3. The molecule has 0 amide bonds. The summed E-state index contributed by atoms with van der Waals surface area (Å²) in [5, 5.41) is -4.08. The Morgan fingerprint density at radius 1 is 0.383 bits per heavy atom. The van der Waals surface area contributed by atoms with Gasteiger partial charge in [-0.1, -0.05) is 172 Å². The minimum absolute atomic E-state index is 0.132. The van der Waals surface area contributed by atoms with Gasteiger partial charge in [0.2, 0.25) is 0 Å². The SMILES string of the molecule is [2H]c1c([2H])c([2H])c(-c2c([2H])c([2H])c(N(c3c([2H])c([2H])c4c(c3[2H])C(C([2H])([2H])[2H])(C([2H])([2H])[2H])c3c([2H])c([2H])c([2H])c([2H])c3-4)c3c([2H])c([2H])c([2H])c4c3oc3c5c([2H])c([2H])c([2H])c([2H])c5c(-c5c([2H])c([2H])c6c(c5[2H])C(C([2H])([2H])[2H])(C([2H])([2H])[2H])c5c([2H])c([2H])c([2H])c([2H])c5-6)c([2H])c34)c([2H])c2[2H])c([2H])c1[2H]. The predicted octanol–water partition coefficient (Wildman–Crippen LogP) is 16.2. The summed E-state index contributed by atoms with van der Waals surface area (Å²) in [7, 11) is 0. The van der Waals surface area contributed by atoms with Crippen molar-refractivity contribution in [2.45, 2.75) is 38.2 Å². The Balaban J connectivity index is 1.35. The topological polar surface area (TPSA) is 16.4 Å². The van der Waals surface area contributed by atoms with Gasteiger partial charge in [0, 0.05) is 54.8 Å². The van der Waals surface area contributed by atoms with E-state index in [1.807, 2.05) is 0 Å². The Morgan fingerprint density at radius 2 is 0.917 bits per heavy atom. The van der Waals surface area contributed by atoms with Crippen LogP contribution in [-0.2, 0) is 10.8 Å². The zero-order valence-corrected chi connectivity index (χ0v) is 29.9. The van der Waals surface area contributed by atoms with Crippen LogP contribution in [0.2, 0.25) is 0 Å². The molecule has 2 nitrogen and oxygen atoms in total. The summed E-state index contributed by atoms with van der Waals surface area (Å²) >= 11 is 0. The second-order valence-electron chi connectivity index (χ2n) is 13.5. The van der Waals surface area contributed by atoms with Gasteiger partial charge in [0.1, 0.15) is 5.58 Å². The average Bonchev–Trinajstić information content (AvgIpc) is 1.51. The Kier molecular flexibility index (Phi) is 2.63. The zero-order chi connectivity index (χ0) is 77.3. The maximum absolute atomic E-state index is 10.3. The van der Waals surface area contributed by atoms with Gasteiger partial charge in [-0.15, -0.1) is 0 Å². The van der Waals surface area contributed by atoms with Crippen LogP contribution in [0.5, 0.6) is 0 Å². The van der Waals surface area contributed by atoms with E-state index in [0.29, 0.717) is 0 Å². The summed E-state index contributed by atoms with van der Waals surface area (Å²) in [6.07, 6.45) is 0. The number of fused-ring (bicyclic) bond motifs is 11. The smallest absolute Gasteiger partial charge is 0.159 e. The second kappa shape index (κ2) is 12.7. The van der Waals surface area contributed by atoms with Crippen molar-refractivity contribution in [2.24, 2.45) is 0 Å². The summed E-state index contributed by atoms with van der Waals surface area (Å²) < 4.78 is 403. The van der Waals surface area contributed by atoms with Crippen molar-refractivity contribution in [1.82, 2.24) is 0 Å².